The summed E-state index contributed by atoms with van der Waals surface area (Å²) in [6.45, 7) is 0.666. The molecule has 1 aliphatic rings. The second-order valence-corrected chi connectivity index (χ2v) is 7.69. The molecule has 4 aromatic carbocycles. The number of hydrogen-bond donors (Lipinski definition) is 0. The first-order chi connectivity index (χ1) is 14.9. The van der Waals surface area contributed by atoms with Gasteiger partial charge in [0.15, 0.2) is 0 Å². The van der Waals surface area contributed by atoms with Crippen LogP contribution in [-0.4, -0.2) is 11.5 Å². The van der Waals surface area contributed by atoms with E-state index in [1.54, 1.807) is 0 Å². The first kappa shape index (κ1) is 18.8. The van der Waals surface area contributed by atoms with Gasteiger partial charge in [-0.3, -0.25) is 4.90 Å². The second-order valence-electron chi connectivity index (χ2n) is 7.69. The maximum absolute atomic E-state index is 6.47. The summed E-state index contributed by atoms with van der Waals surface area (Å²) in [5, 5.41) is 0. The Kier molecular flexibility index (Phi) is 5.43. The van der Waals surface area contributed by atoms with Crippen LogP contribution in [0.4, 0.5) is 0 Å². The van der Waals surface area contributed by atoms with Crippen molar-refractivity contribution in [2.45, 2.75) is 18.3 Å². The van der Waals surface area contributed by atoms with Gasteiger partial charge in [-0.2, -0.15) is 0 Å². The molecule has 1 saturated heterocycles. The summed E-state index contributed by atoms with van der Waals surface area (Å²) in [4.78, 5) is 2.54. The molecule has 30 heavy (non-hydrogen) atoms. The second kappa shape index (κ2) is 8.66. The van der Waals surface area contributed by atoms with Crippen LogP contribution in [-0.2, 0) is 4.74 Å². The summed E-state index contributed by atoms with van der Waals surface area (Å²) in [5.41, 5.74) is 5.02. The predicted octanol–water partition coefficient (Wildman–Crippen LogP) is 6.55. The fourth-order valence-corrected chi connectivity index (χ4v) is 4.47. The van der Waals surface area contributed by atoms with Crippen molar-refractivity contribution in [2.24, 2.45) is 0 Å². The lowest BCUT2D eigenvalue weighted by Crippen LogP contribution is -2.32. The molecule has 2 atom stereocenters. The minimum Gasteiger partial charge on any atom is -0.357 e. The van der Waals surface area contributed by atoms with Crippen molar-refractivity contribution in [1.29, 1.82) is 0 Å². The normalized spacial score (nSPS) is 19.2. The minimum absolute atomic E-state index is 0.0883. The van der Waals surface area contributed by atoms with E-state index in [1.165, 1.54) is 22.3 Å². The number of ether oxygens (including phenoxy) is 1. The number of benzene rings is 4. The fraction of sp³-hybridized carbons (Fsp3) is 0.143. The van der Waals surface area contributed by atoms with E-state index >= 15 is 0 Å². The van der Waals surface area contributed by atoms with Gasteiger partial charge in [0, 0.05) is 0 Å². The zero-order valence-corrected chi connectivity index (χ0v) is 16.8. The lowest BCUT2D eigenvalue weighted by atomic mass is 9.93. The Morgan fingerprint density at radius 1 is 0.567 bits per heavy atom. The molecule has 0 aliphatic carbocycles. The molecule has 0 N–H and O–H groups in total. The largest absolute Gasteiger partial charge is 0.357 e. The molecule has 2 heteroatoms. The van der Waals surface area contributed by atoms with E-state index in [0.29, 0.717) is 6.61 Å². The molecule has 0 unspecified atom stereocenters. The van der Waals surface area contributed by atoms with Crippen LogP contribution in [0.1, 0.15) is 40.6 Å². The lowest BCUT2D eigenvalue weighted by molar-refractivity contribution is 0.0125. The molecule has 0 spiro atoms. The topological polar surface area (TPSA) is 12.5 Å². The smallest absolute Gasteiger partial charge is 0.138 e. The first-order valence-electron chi connectivity index (χ1n) is 10.5. The van der Waals surface area contributed by atoms with E-state index in [4.69, 9.17) is 4.74 Å². The van der Waals surface area contributed by atoms with E-state index in [-0.39, 0.29) is 18.3 Å². The third kappa shape index (κ3) is 3.68. The van der Waals surface area contributed by atoms with Crippen molar-refractivity contribution < 1.29 is 4.74 Å². The molecule has 1 heterocycles. The first-order valence-corrected chi connectivity index (χ1v) is 10.5. The minimum atomic E-state index is -0.109. The van der Waals surface area contributed by atoms with Gasteiger partial charge >= 0.3 is 0 Å². The van der Waals surface area contributed by atoms with Gasteiger partial charge in [-0.25, -0.2) is 0 Å². The van der Waals surface area contributed by atoms with Crippen molar-refractivity contribution >= 4 is 0 Å². The molecule has 0 saturated carbocycles. The van der Waals surface area contributed by atoms with Gasteiger partial charge in [0.2, 0.25) is 0 Å². The summed E-state index contributed by atoms with van der Waals surface area (Å²) in [7, 11) is 0. The number of nitrogens with zero attached hydrogens (tertiary/aromatic N) is 1. The van der Waals surface area contributed by atoms with Crippen LogP contribution in [0, 0.1) is 0 Å². The molecule has 2 nitrogen and oxygen atoms in total. The van der Waals surface area contributed by atoms with Crippen LogP contribution in [0.5, 0.6) is 0 Å². The van der Waals surface area contributed by atoms with Crippen molar-refractivity contribution in [3.8, 4) is 0 Å². The average molecular weight is 392 g/mol. The summed E-state index contributed by atoms with van der Waals surface area (Å²) in [5.74, 6) is 0. The lowest BCUT2D eigenvalue weighted by Gasteiger charge is -2.37. The summed E-state index contributed by atoms with van der Waals surface area (Å²) < 4.78 is 6.47. The molecule has 0 aromatic heterocycles. The maximum atomic E-state index is 6.47. The molecule has 0 radical (unpaired) electrons. The third-order valence-corrected chi connectivity index (χ3v) is 5.84. The highest BCUT2D eigenvalue weighted by atomic mass is 16.5. The van der Waals surface area contributed by atoms with Gasteiger partial charge in [-0.05, 0) is 22.3 Å². The maximum Gasteiger partial charge on any atom is 0.138 e. The Morgan fingerprint density at radius 2 is 1.00 bits per heavy atom. The monoisotopic (exact) mass is 391 g/mol. The van der Waals surface area contributed by atoms with Crippen molar-refractivity contribution in [3.63, 3.8) is 0 Å². The molecule has 0 bridgehead atoms. The van der Waals surface area contributed by atoms with Gasteiger partial charge in [-0.15, -0.1) is 0 Å². The van der Waals surface area contributed by atoms with Crippen LogP contribution < -0.4 is 0 Å². The van der Waals surface area contributed by atoms with Gasteiger partial charge < -0.3 is 4.74 Å². The SMILES string of the molecule is c1ccc(C(c2ccccc2)N2[C@@H](c3ccccc3)OC[C@H]2c2ccccc2)cc1. The van der Waals surface area contributed by atoms with Crippen LogP contribution in [0.25, 0.3) is 0 Å². The van der Waals surface area contributed by atoms with Crippen molar-refractivity contribution in [2.75, 3.05) is 6.61 Å². The molecular formula is C28H25NO. The van der Waals surface area contributed by atoms with Crippen molar-refractivity contribution in [3.05, 3.63) is 144 Å². The molecular weight excluding hydrogens is 366 g/mol. The Bertz CT molecular complexity index is 964. The number of rotatable bonds is 5. The Morgan fingerprint density at radius 3 is 1.50 bits per heavy atom. The van der Waals surface area contributed by atoms with Crippen LogP contribution in [0.15, 0.2) is 121 Å². The van der Waals surface area contributed by atoms with E-state index in [9.17, 15) is 0 Å². The van der Waals surface area contributed by atoms with Crippen molar-refractivity contribution in [1.82, 2.24) is 4.90 Å². The van der Waals surface area contributed by atoms with E-state index < -0.39 is 0 Å². The summed E-state index contributed by atoms with van der Waals surface area (Å²) in [6, 6.07) is 43.1. The molecule has 4 aromatic rings. The van der Waals surface area contributed by atoms with Gasteiger partial charge in [0.25, 0.3) is 0 Å². The Hall–Kier alpha value is -3.20. The van der Waals surface area contributed by atoms with Gasteiger partial charge in [0.1, 0.15) is 6.23 Å². The van der Waals surface area contributed by atoms with Gasteiger partial charge in [0.05, 0.1) is 18.7 Å². The quantitative estimate of drug-likeness (QED) is 0.382. The molecule has 0 amide bonds. The zero-order chi connectivity index (χ0) is 20.2. The standard InChI is InChI=1S/C28H25NO/c1-5-13-22(14-6-1)26-21-30-28(25-19-11-4-12-20-25)29(26)27(23-15-7-2-8-16-23)24-17-9-3-10-18-24/h1-20,26-28H,21H2/t26-,28+/m0/s1. The van der Waals surface area contributed by atoms with E-state index in [2.05, 4.69) is 126 Å². The molecule has 1 aliphatic heterocycles. The van der Waals surface area contributed by atoms with Crippen LogP contribution in [0.3, 0.4) is 0 Å². The summed E-state index contributed by atoms with van der Waals surface area (Å²) >= 11 is 0. The highest BCUT2D eigenvalue weighted by molar-refractivity contribution is 5.35. The highest BCUT2D eigenvalue weighted by Gasteiger charge is 2.41. The number of hydrogen-bond acceptors (Lipinski definition) is 2. The Labute approximate surface area is 178 Å². The van der Waals surface area contributed by atoms with Crippen LogP contribution in [0.2, 0.25) is 0 Å². The molecule has 1 fully saturated rings. The predicted molar refractivity (Wildman–Crippen MR) is 121 cm³/mol. The average Bonchev–Trinajstić information content (AvgIpc) is 3.26. The van der Waals surface area contributed by atoms with E-state index in [1.807, 2.05) is 0 Å². The fourth-order valence-electron chi connectivity index (χ4n) is 4.47. The molecule has 5 rings (SSSR count). The summed E-state index contributed by atoms with van der Waals surface area (Å²) in [6.07, 6.45) is -0.109. The molecule has 148 valence electrons. The Balaban J connectivity index is 1.67. The highest BCUT2D eigenvalue weighted by Crippen LogP contribution is 2.46. The van der Waals surface area contributed by atoms with Gasteiger partial charge in [-0.1, -0.05) is 121 Å². The zero-order valence-electron chi connectivity index (χ0n) is 16.8. The van der Waals surface area contributed by atoms with Crippen LogP contribution >= 0.6 is 0 Å². The third-order valence-electron chi connectivity index (χ3n) is 5.84. The van der Waals surface area contributed by atoms with E-state index in [0.717, 1.165) is 0 Å².